The van der Waals surface area contributed by atoms with Crippen molar-refractivity contribution in [3.05, 3.63) is 52.8 Å². The molecular formula is C30H36BFN2O5. The number of hydrogen-bond donors (Lipinski definition) is 0. The highest BCUT2D eigenvalue weighted by Crippen LogP contribution is 2.49. The van der Waals surface area contributed by atoms with Crippen molar-refractivity contribution in [1.82, 2.24) is 9.55 Å². The van der Waals surface area contributed by atoms with Gasteiger partial charge in [-0.2, -0.15) is 0 Å². The molecule has 0 bridgehead atoms. The molecule has 3 heterocycles. The lowest BCUT2D eigenvalue weighted by atomic mass is 9.75. The summed E-state index contributed by atoms with van der Waals surface area (Å²) in [6.45, 7) is 11.1. The third kappa shape index (κ3) is 4.25. The molecule has 0 amide bonds. The maximum absolute atomic E-state index is 14.1. The van der Waals surface area contributed by atoms with E-state index in [9.17, 15) is 9.18 Å². The summed E-state index contributed by atoms with van der Waals surface area (Å²) in [6, 6.07) is 9.56. The average molecular weight is 534 g/mol. The van der Waals surface area contributed by atoms with Crippen LogP contribution in [0.3, 0.4) is 0 Å². The van der Waals surface area contributed by atoms with Gasteiger partial charge in [-0.05, 0) is 64.3 Å². The maximum atomic E-state index is 14.1. The third-order valence-electron chi connectivity index (χ3n) is 9.22. The van der Waals surface area contributed by atoms with Crippen LogP contribution in [0, 0.1) is 5.41 Å². The van der Waals surface area contributed by atoms with Crippen molar-refractivity contribution in [3.8, 4) is 5.75 Å². The van der Waals surface area contributed by atoms with E-state index >= 15 is 0 Å². The van der Waals surface area contributed by atoms with Gasteiger partial charge in [0.2, 0.25) is 0 Å². The molecule has 1 atom stereocenters. The Labute approximate surface area is 229 Å². The van der Waals surface area contributed by atoms with Gasteiger partial charge in [0.15, 0.2) is 0 Å². The summed E-state index contributed by atoms with van der Waals surface area (Å²) in [5.41, 5.74) is 3.96. The topological polar surface area (TPSA) is 71.8 Å². The molecule has 0 spiro atoms. The van der Waals surface area contributed by atoms with E-state index in [1.165, 1.54) is 7.11 Å². The summed E-state index contributed by atoms with van der Waals surface area (Å²) in [6.07, 6.45) is 2.48. The first kappa shape index (κ1) is 26.3. The molecule has 9 heteroatoms. The Bertz CT molecular complexity index is 1450. The van der Waals surface area contributed by atoms with Crippen molar-refractivity contribution in [3.63, 3.8) is 0 Å². The summed E-state index contributed by atoms with van der Waals surface area (Å²) in [4.78, 5) is 17.3. The van der Waals surface area contributed by atoms with Gasteiger partial charge in [-0.3, -0.25) is 4.39 Å². The van der Waals surface area contributed by atoms with Crippen molar-refractivity contribution < 1.29 is 28.0 Å². The Balaban J connectivity index is 1.42. The van der Waals surface area contributed by atoms with Crippen molar-refractivity contribution in [1.29, 1.82) is 0 Å². The number of ether oxygens (including phenoxy) is 2. The van der Waals surface area contributed by atoms with E-state index in [4.69, 9.17) is 23.8 Å². The zero-order chi connectivity index (χ0) is 27.7. The van der Waals surface area contributed by atoms with Crippen LogP contribution in [0.4, 0.5) is 4.39 Å². The highest BCUT2D eigenvalue weighted by atomic mass is 19.1. The number of hydrogen-bond acceptors (Lipinski definition) is 6. The minimum atomic E-state index is -0.508. The Morgan fingerprint density at radius 1 is 1.15 bits per heavy atom. The molecule has 2 fully saturated rings. The number of rotatable bonds is 7. The number of nitrogens with zero attached hydrogens (tertiary/aromatic N) is 2. The van der Waals surface area contributed by atoms with Gasteiger partial charge in [0.05, 0.1) is 48.2 Å². The summed E-state index contributed by atoms with van der Waals surface area (Å²) in [7, 11) is 0.863. The summed E-state index contributed by atoms with van der Waals surface area (Å²) < 4.78 is 40.0. The fourth-order valence-corrected chi connectivity index (χ4v) is 5.77. The number of benzene rings is 2. The summed E-state index contributed by atoms with van der Waals surface area (Å²) in [5, 5.41) is 0. The number of alkyl halides is 1. The lowest BCUT2D eigenvalue weighted by molar-refractivity contribution is 0.00578. The van der Waals surface area contributed by atoms with Crippen LogP contribution in [0.1, 0.15) is 80.7 Å². The SMILES string of the molecule is COC(=O)c1ccc2nc(C(C)c3ccc(B4OC(C)(C)C(C)(C)O4)c4c3CCO4)n(CC3(CF)CC3)c2c1. The number of imidazole rings is 1. The first-order valence-electron chi connectivity index (χ1n) is 13.8. The van der Waals surface area contributed by atoms with Crippen LogP contribution in [0.25, 0.3) is 11.0 Å². The van der Waals surface area contributed by atoms with E-state index in [0.29, 0.717) is 18.7 Å². The number of fused-ring (bicyclic) bond motifs is 2. The molecule has 1 saturated heterocycles. The lowest BCUT2D eigenvalue weighted by Crippen LogP contribution is -2.41. The second-order valence-corrected chi connectivity index (χ2v) is 12.3. The van der Waals surface area contributed by atoms with Crippen LogP contribution >= 0.6 is 0 Å². The van der Waals surface area contributed by atoms with Crippen molar-refractivity contribution in [2.75, 3.05) is 20.4 Å². The number of halogens is 1. The molecule has 2 aliphatic heterocycles. The Kier molecular flexibility index (Phi) is 6.12. The molecule has 1 aliphatic carbocycles. The highest BCUT2D eigenvalue weighted by molar-refractivity contribution is 6.63. The molecule has 1 aromatic heterocycles. The smallest absolute Gasteiger partial charge is 0.493 e. The number of methoxy groups -OCH3 is 1. The van der Waals surface area contributed by atoms with Crippen molar-refractivity contribution in [2.45, 2.75) is 77.5 Å². The van der Waals surface area contributed by atoms with Crippen LogP contribution < -0.4 is 10.2 Å². The first-order chi connectivity index (χ1) is 18.5. The van der Waals surface area contributed by atoms with E-state index in [2.05, 4.69) is 17.6 Å². The number of esters is 1. The Morgan fingerprint density at radius 2 is 1.87 bits per heavy atom. The van der Waals surface area contributed by atoms with E-state index in [0.717, 1.165) is 58.5 Å². The largest absolute Gasteiger partial charge is 0.498 e. The van der Waals surface area contributed by atoms with Crippen LogP contribution in [0.15, 0.2) is 30.3 Å². The van der Waals surface area contributed by atoms with Gasteiger partial charge in [0.1, 0.15) is 11.6 Å². The zero-order valence-electron chi connectivity index (χ0n) is 23.6. The fourth-order valence-electron chi connectivity index (χ4n) is 5.77. The molecule has 206 valence electrons. The molecule has 2 aromatic carbocycles. The Morgan fingerprint density at radius 3 is 2.51 bits per heavy atom. The normalized spacial score (nSPS) is 21.1. The van der Waals surface area contributed by atoms with Gasteiger partial charge < -0.3 is 23.3 Å². The predicted octanol–water partition coefficient (Wildman–Crippen LogP) is 4.96. The zero-order valence-corrected chi connectivity index (χ0v) is 23.6. The second-order valence-electron chi connectivity index (χ2n) is 12.3. The fraction of sp³-hybridized carbons (Fsp3) is 0.533. The van der Waals surface area contributed by atoms with Gasteiger partial charge in [0.25, 0.3) is 0 Å². The van der Waals surface area contributed by atoms with Crippen molar-refractivity contribution >= 4 is 29.6 Å². The lowest BCUT2D eigenvalue weighted by Gasteiger charge is -2.32. The van der Waals surface area contributed by atoms with Crippen LogP contribution in [0.2, 0.25) is 0 Å². The molecule has 1 saturated carbocycles. The predicted molar refractivity (Wildman–Crippen MR) is 148 cm³/mol. The summed E-state index contributed by atoms with van der Waals surface area (Å²) in [5.74, 6) is 1.19. The molecule has 1 unspecified atom stereocenters. The van der Waals surface area contributed by atoms with Gasteiger partial charge in [-0.15, -0.1) is 0 Å². The van der Waals surface area contributed by atoms with Gasteiger partial charge in [0, 0.05) is 35.3 Å². The standard InChI is InChI=1S/C30H36BFN2O5/c1-18(20-8-9-22(25-21(20)11-14-37-25)31-38-28(2,3)29(4,5)39-31)26-33-23-10-7-19(27(35)36-6)15-24(23)34(26)17-30(16-32)12-13-30/h7-10,15,18H,11-14,16-17H2,1-6H3. The number of aromatic nitrogens is 2. The molecular weight excluding hydrogens is 498 g/mol. The van der Waals surface area contributed by atoms with E-state index < -0.39 is 24.3 Å². The second kappa shape index (κ2) is 9.06. The monoisotopic (exact) mass is 534 g/mol. The van der Waals surface area contributed by atoms with Crippen LogP contribution in [-0.4, -0.2) is 54.2 Å². The molecule has 39 heavy (non-hydrogen) atoms. The molecule has 6 rings (SSSR count). The van der Waals surface area contributed by atoms with Gasteiger partial charge >= 0.3 is 13.1 Å². The maximum Gasteiger partial charge on any atom is 0.498 e. The third-order valence-corrected chi connectivity index (χ3v) is 9.22. The van der Waals surface area contributed by atoms with E-state index in [1.54, 1.807) is 6.07 Å². The average Bonchev–Trinajstić information content (AvgIpc) is 3.24. The van der Waals surface area contributed by atoms with Crippen LogP contribution in [-0.2, 0) is 27.0 Å². The molecule has 3 aliphatic rings. The molecule has 7 nitrogen and oxygen atoms in total. The van der Waals surface area contributed by atoms with E-state index in [1.807, 2.05) is 45.9 Å². The quantitative estimate of drug-likeness (QED) is 0.315. The molecule has 0 N–H and O–H groups in total. The highest BCUT2D eigenvalue weighted by Gasteiger charge is 2.53. The Hall–Kier alpha value is -2.91. The van der Waals surface area contributed by atoms with Crippen molar-refractivity contribution in [2.24, 2.45) is 5.41 Å². The molecule has 0 radical (unpaired) electrons. The number of carbonyl (C=O) groups is 1. The van der Waals surface area contributed by atoms with E-state index in [-0.39, 0.29) is 18.0 Å². The van der Waals surface area contributed by atoms with Crippen LogP contribution in [0.5, 0.6) is 5.75 Å². The molecule has 3 aromatic rings. The van der Waals surface area contributed by atoms with Gasteiger partial charge in [-0.25, -0.2) is 9.78 Å². The minimum absolute atomic E-state index is 0.0859. The summed E-state index contributed by atoms with van der Waals surface area (Å²) >= 11 is 0. The first-order valence-corrected chi connectivity index (χ1v) is 13.8. The number of carbonyl (C=O) groups excluding carboxylic acids is 1. The minimum Gasteiger partial charge on any atom is -0.493 e. The van der Waals surface area contributed by atoms with Gasteiger partial charge in [-0.1, -0.05) is 19.1 Å².